The summed E-state index contributed by atoms with van der Waals surface area (Å²) in [6, 6.07) is 1.10. The molecule has 1 saturated carbocycles. The molecule has 0 aromatic rings. The van der Waals surface area contributed by atoms with E-state index in [0.29, 0.717) is 12.1 Å². The summed E-state index contributed by atoms with van der Waals surface area (Å²) in [7, 11) is 0. The zero-order chi connectivity index (χ0) is 10.2. The molecule has 0 spiro atoms. The van der Waals surface area contributed by atoms with Crippen molar-refractivity contribution in [3.05, 3.63) is 0 Å². The van der Waals surface area contributed by atoms with Crippen molar-refractivity contribution in [2.45, 2.75) is 51.1 Å². The molecule has 1 fully saturated rings. The van der Waals surface area contributed by atoms with Crippen LogP contribution in [0.15, 0.2) is 0 Å². The van der Waals surface area contributed by atoms with Crippen LogP contribution in [0.3, 0.4) is 0 Å². The summed E-state index contributed by atoms with van der Waals surface area (Å²) in [5, 5.41) is 3.53. The van der Waals surface area contributed by atoms with E-state index in [4.69, 9.17) is 10.5 Å². The first-order chi connectivity index (χ1) is 6.83. The number of hydrogen-bond acceptors (Lipinski definition) is 3. The van der Waals surface area contributed by atoms with Crippen molar-refractivity contribution in [3.8, 4) is 0 Å². The van der Waals surface area contributed by atoms with Gasteiger partial charge in [-0.15, -0.1) is 0 Å². The van der Waals surface area contributed by atoms with Gasteiger partial charge in [-0.25, -0.2) is 0 Å². The molecule has 3 N–H and O–H groups in total. The van der Waals surface area contributed by atoms with Crippen LogP contribution in [0.2, 0.25) is 0 Å². The lowest BCUT2D eigenvalue weighted by Gasteiger charge is -2.11. The maximum atomic E-state index is 5.83. The standard InChI is InChI=1S/C11H24N2O/c1-2-7-14-8-3-6-13-11-5-4-10(12)9-11/h10-11,13H,2-9,12H2,1H3. The van der Waals surface area contributed by atoms with Gasteiger partial charge in [-0.05, 0) is 38.6 Å². The molecule has 14 heavy (non-hydrogen) atoms. The molecular weight excluding hydrogens is 176 g/mol. The molecular formula is C11H24N2O. The summed E-state index contributed by atoms with van der Waals surface area (Å²) < 4.78 is 5.40. The van der Waals surface area contributed by atoms with Crippen molar-refractivity contribution in [1.29, 1.82) is 0 Å². The largest absolute Gasteiger partial charge is 0.381 e. The molecule has 2 unspecified atom stereocenters. The number of hydrogen-bond donors (Lipinski definition) is 2. The second-order valence-corrected chi connectivity index (χ2v) is 4.19. The van der Waals surface area contributed by atoms with Gasteiger partial charge in [0.1, 0.15) is 0 Å². The topological polar surface area (TPSA) is 47.3 Å². The second kappa shape index (κ2) is 7.21. The van der Waals surface area contributed by atoms with Crippen LogP contribution in [0.4, 0.5) is 0 Å². The van der Waals surface area contributed by atoms with Gasteiger partial charge in [0.25, 0.3) is 0 Å². The predicted octanol–water partition coefficient (Wildman–Crippen LogP) is 1.27. The summed E-state index contributed by atoms with van der Waals surface area (Å²) in [5.74, 6) is 0. The Bertz CT molecular complexity index is 141. The number of nitrogens with two attached hydrogens (primary N) is 1. The van der Waals surface area contributed by atoms with E-state index in [-0.39, 0.29) is 0 Å². The van der Waals surface area contributed by atoms with Gasteiger partial charge in [-0.3, -0.25) is 0 Å². The Morgan fingerprint density at radius 1 is 1.36 bits per heavy atom. The number of nitrogens with one attached hydrogen (secondary N) is 1. The molecule has 3 nitrogen and oxygen atoms in total. The summed E-state index contributed by atoms with van der Waals surface area (Å²) in [6.45, 7) is 4.99. The van der Waals surface area contributed by atoms with E-state index < -0.39 is 0 Å². The zero-order valence-electron chi connectivity index (χ0n) is 9.30. The smallest absolute Gasteiger partial charge is 0.0478 e. The van der Waals surface area contributed by atoms with Crippen molar-refractivity contribution in [3.63, 3.8) is 0 Å². The average molecular weight is 200 g/mol. The fraction of sp³-hybridized carbons (Fsp3) is 1.00. The Morgan fingerprint density at radius 3 is 2.86 bits per heavy atom. The van der Waals surface area contributed by atoms with Crippen LogP contribution >= 0.6 is 0 Å². The van der Waals surface area contributed by atoms with Crippen molar-refractivity contribution >= 4 is 0 Å². The lowest BCUT2D eigenvalue weighted by atomic mass is 10.2. The van der Waals surface area contributed by atoms with Gasteiger partial charge < -0.3 is 15.8 Å². The molecule has 0 aromatic heterocycles. The third-order valence-corrected chi connectivity index (χ3v) is 2.72. The summed E-state index contributed by atoms with van der Waals surface area (Å²) in [6.07, 6.45) is 5.81. The molecule has 1 rings (SSSR count). The van der Waals surface area contributed by atoms with Crippen LogP contribution in [0.5, 0.6) is 0 Å². The molecule has 3 heteroatoms. The van der Waals surface area contributed by atoms with Gasteiger partial charge in [0.2, 0.25) is 0 Å². The monoisotopic (exact) mass is 200 g/mol. The summed E-state index contributed by atoms with van der Waals surface area (Å²) >= 11 is 0. The normalized spacial score (nSPS) is 27.0. The van der Waals surface area contributed by atoms with Gasteiger partial charge in [0.05, 0.1) is 0 Å². The lowest BCUT2D eigenvalue weighted by Crippen LogP contribution is -2.29. The Balaban J connectivity index is 1.84. The molecule has 0 saturated heterocycles. The lowest BCUT2D eigenvalue weighted by molar-refractivity contribution is 0.131. The fourth-order valence-corrected chi connectivity index (χ4v) is 1.93. The van der Waals surface area contributed by atoms with E-state index in [1.165, 1.54) is 12.8 Å². The molecule has 1 aliphatic rings. The highest BCUT2D eigenvalue weighted by Gasteiger charge is 2.20. The van der Waals surface area contributed by atoms with Gasteiger partial charge in [-0.2, -0.15) is 0 Å². The molecule has 0 aliphatic heterocycles. The Morgan fingerprint density at radius 2 is 2.21 bits per heavy atom. The van der Waals surface area contributed by atoms with Gasteiger partial charge >= 0.3 is 0 Å². The Kier molecular flexibility index (Phi) is 6.15. The number of ether oxygens (including phenoxy) is 1. The van der Waals surface area contributed by atoms with Crippen LogP contribution in [-0.4, -0.2) is 31.8 Å². The first-order valence-electron chi connectivity index (χ1n) is 5.89. The SMILES string of the molecule is CCCOCCCNC1CCC(N)C1. The fourth-order valence-electron chi connectivity index (χ4n) is 1.93. The zero-order valence-corrected chi connectivity index (χ0v) is 9.30. The highest BCUT2D eigenvalue weighted by atomic mass is 16.5. The van der Waals surface area contributed by atoms with Crippen LogP contribution < -0.4 is 11.1 Å². The average Bonchev–Trinajstić information content (AvgIpc) is 2.58. The highest BCUT2D eigenvalue weighted by Crippen LogP contribution is 2.16. The maximum Gasteiger partial charge on any atom is 0.0478 e. The van der Waals surface area contributed by atoms with Crippen molar-refractivity contribution < 1.29 is 4.74 Å². The first kappa shape index (κ1) is 12.0. The molecule has 0 aromatic carbocycles. The third-order valence-electron chi connectivity index (χ3n) is 2.72. The van der Waals surface area contributed by atoms with Gasteiger partial charge in [-0.1, -0.05) is 6.92 Å². The maximum absolute atomic E-state index is 5.83. The van der Waals surface area contributed by atoms with E-state index in [1.807, 2.05) is 0 Å². The molecule has 1 aliphatic carbocycles. The van der Waals surface area contributed by atoms with Crippen LogP contribution in [-0.2, 0) is 4.74 Å². The Hall–Kier alpha value is -0.120. The van der Waals surface area contributed by atoms with Crippen molar-refractivity contribution in [2.24, 2.45) is 5.73 Å². The summed E-state index contributed by atoms with van der Waals surface area (Å²) in [5.41, 5.74) is 5.83. The quantitative estimate of drug-likeness (QED) is 0.608. The van der Waals surface area contributed by atoms with E-state index in [9.17, 15) is 0 Å². The van der Waals surface area contributed by atoms with E-state index in [0.717, 1.165) is 39.0 Å². The van der Waals surface area contributed by atoms with Crippen LogP contribution in [0.1, 0.15) is 39.0 Å². The minimum Gasteiger partial charge on any atom is -0.381 e. The molecule has 0 radical (unpaired) electrons. The number of rotatable bonds is 7. The summed E-state index contributed by atoms with van der Waals surface area (Å²) in [4.78, 5) is 0. The second-order valence-electron chi connectivity index (χ2n) is 4.19. The highest BCUT2D eigenvalue weighted by molar-refractivity contribution is 4.82. The molecule has 0 heterocycles. The first-order valence-corrected chi connectivity index (χ1v) is 5.89. The van der Waals surface area contributed by atoms with E-state index >= 15 is 0 Å². The molecule has 2 atom stereocenters. The van der Waals surface area contributed by atoms with E-state index in [2.05, 4.69) is 12.2 Å². The minimum atomic E-state index is 0.434. The van der Waals surface area contributed by atoms with Crippen LogP contribution in [0, 0.1) is 0 Å². The van der Waals surface area contributed by atoms with Crippen molar-refractivity contribution in [2.75, 3.05) is 19.8 Å². The van der Waals surface area contributed by atoms with Gasteiger partial charge in [0, 0.05) is 25.3 Å². The Labute approximate surface area is 87.4 Å². The van der Waals surface area contributed by atoms with E-state index in [1.54, 1.807) is 0 Å². The third kappa shape index (κ3) is 4.94. The molecule has 0 amide bonds. The van der Waals surface area contributed by atoms with Crippen molar-refractivity contribution in [1.82, 2.24) is 5.32 Å². The molecule has 0 bridgehead atoms. The predicted molar refractivity (Wildman–Crippen MR) is 59.3 cm³/mol. The minimum absolute atomic E-state index is 0.434. The van der Waals surface area contributed by atoms with Gasteiger partial charge in [0.15, 0.2) is 0 Å². The van der Waals surface area contributed by atoms with Crippen LogP contribution in [0.25, 0.3) is 0 Å². The molecule has 84 valence electrons.